The van der Waals surface area contributed by atoms with Gasteiger partial charge >= 0.3 is 0 Å². The van der Waals surface area contributed by atoms with Crippen LogP contribution in [0.3, 0.4) is 0 Å². The smallest absolute Gasteiger partial charge is 0.274 e. The Hall–Kier alpha value is -2.63. The van der Waals surface area contributed by atoms with Crippen LogP contribution in [0.1, 0.15) is 10.5 Å². The Morgan fingerprint density at radius 2 is 1.68 bits per heavy atom. The first-order valence-electron chi connectivity index (χ1n) is 7.43. The monoisotopic (exact) mass is 372 g/mol. The number of carbonyl (C=O) groups is 1. The Labute approximate surface area is 155 Å². The average molecular weight is 373 g/mol. The highest BCUT2D eigenvalue weighted by atomic mass is 35.5. The van der Waals surface area contributed by atoms with Crippen LogP contribution in [0.5, 0.6) is 0 Å². The molecule has 0 bridgehead atoms. The van der Waals surface area contributed by atoms with E-state index >= 15 is 0 Å². The average Bonchev–Trinajstić information content (AvgIpc) is 2.65. The number of nitrogens with zero attached hydrogens (tertiary/aromatic N) is 3. The third-order valence-corrected chi connectivity index (χ3v) is 4.15. The summed E-state index contributed by atoms with van der Waals surface area (Å²) in [6, 6.07) is 16.2. The molecule has 5 nitrogen and oxygen atoms in total. The normalized spacial score (nSPS) is 10.4. The number of halogens is 2. The van der Waals surface area contributed by atoms with Crippen LogP contribution in [0.2, 0.25) is 10.0 Å². The Morgan fingerprint density at radius 3 is 2.36 bits per heavy atom. The van der Waals surface area contributed by atoms with Crippen molar-refractivity contribution < 1.29 is 4.79 Å². The first-order valence-corrected chi connectivity index (χ1v) is 8.19. The Morgan fingerprint density at radius 1 is 1.00 bits per heavy atom. The largest absolute Gasteiger partial charge is 0.318 e. The van der Waals surface area contributed by atoms with E-state index < -0.39 is 5.91 Å². The molecule has 3 rings (SSSR count). The maximum absolute atomic E-state index is 12.5. The highest BCUT2D eigenvalue weighted by Crippen LogP contribution is 2.30. The van der Waals surface area contributed by atoms with Gasteiger partial charge < -0.3 is 10.2 Å². The van der Waals surface area contributed by atoms with E-state index in [1.54, 1.807) is 23.1 Å². The van der Waals surface area contributed by atoms with Gasteiger partial charge in [-0.05, 0) is 30.3 Å². The summed E-state index contributed by atoms with van der Waals surface area (Å²) in [5.41, 5.74) is 1.48. The lowest BCUT2D eigenvalue weighted by Gasteiger charge is -2.17. The number of aromatic nitrogens is 2. The lowest BCUT2D eigenvalue weighted by Crippen LogP contribution is -2.18. The van der Waals surface area contributed by atoms with E-state index in [4.69, 9.17) is 23.2 Å². The summed E-state index contributed by atoms with van der Waals surface area (Å²) >= 11 is 12.2. The van der Waals surface area contributed by atoms with Crippen molar-refractivity contribution in [1.29, 1.82) is 0 Å². The van der Waals surface area contributed by atoms with Crippen molar-refractivity contribution in [3.63, 3.8) is 0 Å². The maximum atomic E-state index is 12.5. The second-order valence-electron chi connectivity index (χ2n) is 5.19. The highest BCUT2D eigenvalue weighted by Gasteiger charge is 2.15. The molecule has 0 fully saturated rings. The standard InChI is InChI=1S/C18H14Cl2N4O/c1-24(12-6-3-2-4-7-12)18-21-11-10-15(22-18)17(25)23-16-13(19)8-5-9-14(16)20/h2-11H,1H3,(H,23,25). The van der Waals surface area contributed by atoms with Gasteiger partial charge in [0.25, 0.3) is 5.91 Å². The van der Waals surface area contributed by atoms with Crippen LogP contribution in [0.4, 0.5) is 17.3 Å². The van der Waals surface area contributed by atoms with E-state index in [9.17, 15) is 4.79 Å². The van der Waals surface area contributed by atoms with Gasteiger partial charge in [0.15, 0.2) is 0 Å². The van der Waals surface area contributed by atoms with Crippen LogP contribution in [0.15, 0.2) is 60.8 Å². The maximum Gasteiger partial charge on any atom is 0.274 e. The Kier molecular flexibility index (Phi) is 5.16. The van der Waals surface area contributed by atoms with Gasteiger partial charge in [-0.1, -0.05) is 47.5 Å². The number of rotatable bonds is 4. The van der Waals surface area contributed by atoms with Crippen molar-refractivity contribution in [2.75, 3.05) is 17.3 Å². The van der Waals surface area contributed by atoms with Crippen molar-refractivity contribution in [3.05, 3.63) is 76.5 Å². The topological polar surface area (TPSA) is 58.1 Å². The molecule has 2 aromatic carbocycles. The number of benzene rings is 2. The van der Waals surface area contributed by atoms with E-state index in [0.717, 1.165) is 5.69 Å². The van der Waals surface area contributed by atoms with Gasteiger partial charge in [-0.15, -0.1) is 0 Å². The first-order chi connectivity index (χ1) is 12.1. The van der Waals surface area contributed by atoms with Gasteiger partial charge in [0.05, 0.1) is 15.7 Å². The van der Waals surface area contributed by atoms with E-state index in [-0.39, 0.29) is 5.69 Å². The molecule has 1 amide bonds. The molecule has 0 aliphatic carbocycles. The summed E-state index contributed by atoms with van der Waals surface area (Å²) in [6.07, 6.45) is 1.53. The molecule has 1 heterocycles. The number of amides is 1. The molecule has 126 valence electrons. The van der Waals surface area contributed by atoms with E-state index in [2.05, 4.69) is 15.3 Å². The summed E-state index contributed by atoms with van der Waals surface area (Å²) in [4.78, 5) is 22.8. The second-order valence-corrected chi connectivity index (χ2v) is 6.00. The molecule has 0 radical (unpaired) electrons. The van der Waals surface area contributed by atoms with Crippen molar-refractivity contribution in [3.8, 4) is 0 Å². The lowest BCUT2D eigenvalue weighted by molar-refractivity contribution is 0.102. The fraction of sp³-hybridized carbons (Fsp3) is 0.0556. The van der Waals surface area contributed by atoms with Gasteiger partial charge in [0.2, 0.25) is 5.95 Å². The van der Waals surface area contributed by atoms with Crippen molar-refractivity contribution >= 4 is 46.4 Å². The van der Waals surface area contributed by atoms with Gasteiger partial charge in [0, 0.05) is 18.9 Å². The molecule has 0 saturated carbocycles. The lowest BCUT2D eigenvalue weighted by atomic mass is 10.3. The molecule has 0 unspecified atom stereocenters. The van der Waals surface area contributed by atoms with E-state index in [0.29, 0.717) is 21.7 Å². The minimum Gasteiger partial charge on any atom is -0.318 e. The molecular weight excluding hydrogens is 359 g/mol. The fourth-order valence-electron chi connectivity index (χ4n) is 2.20. The third kappa shape index (κ3) is 3.90. The fourth-order valence-corrected chi connectivity index (χ4v) is 2.69. The zero-order valence-corrected chi connectivity index (χ0v) is 14.8. The molecule has 0 spiro atoms. The molecule has 0 atom stereocenters. The number of anilines is 3. The molecule has 0 aliphatic rings. The Balaban J connectivity index is 1.85. The summed E-state index contributed by atoms with van der Waals surface area (Å²) in [5, 5.41) is 3.40. The summed E-state index contributed by atoms with van der Waals surface area (Å²) in [5.74, 6) is -0.00998. The van der Waals surface area contributed by atoms with Crippen LogP contribution in [0.25, 0.3) is 0 Å². The van der Waals surface area contributed by atoms with Crippen LogP contribution in [0, 0.1) is 0 Å². The van der Waals surface area contributed by atoms with Crippen LogP contribution >= 0.6 is 23.2 Å². The van der Waals surface area contributed by atoms with Crippen LogP contribution in [-0.2, 0) is 0 Å². The minimum absolute atomic E-state index is 0.212. The molecule has 25 heavy (non-hydrogen) atoms. The van der Waals surface area contributed by atoms with E-state index in [1.807, 2.05) is 37.4 Å². The molecule has 3 aromatic rings. The third-order valence-electron chi connectivity index (χ3n) is 3.52. The zero-order valence-electron chi connectivity index (χ0n) is 13.3. The summed E-state index contributed by atoms with van der Waals surface area (Å²) in [7, 11) is 1.83. The first kappa shape index (κ1) is 17.2. The van der Waals surface area contributed by atoms with Gasteiger partial charge in [-0.25, -0.2) is 9.97 Å². The van der Waals surface area contributed by atoms with Crippen molar-refractivity contribution in [2.24, 2.45) is 0 Å². The highest BCUT2D eigenvalue weighted by molar-refractivity contribution is 6.40. The number of hydrogen-bond donors (Lipinski definition) is 1. The molecule has 7 heteroatoms. The van der Waals surface area contributed by atoms with Crippen molar-refractivity contribution in [1.82, 2.24) is 9.97 Å². The second kappa shape index (κ2) is 7.51. The predicted octanol–water partition coefficient (Wildman–Crippen LogP) is 4.80. The summed E-state index contributed by atoms with van der Waals surface area (Å²) in [6.45, 7) is 0. The Bertz CT molecular complexity index is 882. The minimum atomic E-state index is -0.417. The predicted molar refractivity (Wildman–Crippen MR) is 101 cm³/mol. The van der Waals surface area contributed by atoms with Gasteiger partial charge in [-0.3, -0.25) is 4.79 Å². The number of carbonyl (C=O) groups excluding carboxylic acids is 1. The van der Waals surface area contributed by atoms with Crippen LogP contribution in [-0.4, -0.2) is 22.9 Å². The van der Waals surface area contributed by atoms with Gasteiger partial charge in [-0.2, -0.15) is 0 Å². The van der Waals surface area contributed by atoms with Gasteiger partial charge in [0.1, 0.15) is 5.69 Å². The van der Waals surface area contributed by atoms with Crippen molar-refractivity contribution in [2.45, 2.75) is 0 Å². The molecule has 1 aromatic heterocycles. The van der Waals surface area contributed by atoms with E-state index in [1.165, 1.54) is 12.3 Å². The quantitative estimate of drug-likeness (QED) is 0.714. The SMILES string of the molecule is CN(c1ccccc1)c1nccc(C(=O)Nc2c(Cl)cccc2Cl)n1. The number of hydrogen-bond acceptors (Lipinski definition) is 4. The molecule has 0 aliphatic heterocycles. The molecule has 1 N–H and O–H groups in total. The van der Waals surface area contributed by atoms with Crippen LogP contribution < -0.4 is 10.2 Å². The molecular formula is C18H14Cl2N4O. The zero-order chi connectivity index (χ0) is 17.8. The number of nitrogens with one attached hydrogen (secondary N) is 1. The summed E-state index contributed by atoms with van der Waals surface area (Å²) < 4.78 is 0. The molecule has 0 saturated heterocycles. The number of para-hydroxylation sites is 2.